The van der Waals surface area contributed by atoms with Gasteiger partial charge in [-0.3, -0.25) is 18.6 Å². The standard InChI is InChI=1S/C22H23ClN4O3/c1-2-9-27-19(15-6-5-7-16(23)11-15)13-25-12-18(24-20(25)22(27)30)21(29)26-10-4-3-8-17(26)14-28/h2,5-7,11-13,17,28H,1,3-4,8-10,14H2/t17-/m1/s1. The number of allylic oxidation sites excluding steroid dienone is 1. The van der Waals surface area contributed by atoms with Crippen molar-refractivity contribution in [3.05, 3.63) is 70.4 Å². The van der Waals surface area contributed by atoms with E-state index in [1.165, 1.54) is 0 Å². The third-order valence-corrected chi connectivity index (χ3v) is 5.71. The minimum atomic E-state index is -0.316. The van der Waals surface area contributed by atoms with Gasteiger partial charge in [-0.25, -0.2) is 4.98 Å². The SMILES string of the molecule is C=CCn1c(-c2cccc(Cl)c2)cn2cc(C(=O)N3CCCC[C@@H]3CO)nc2c1=O. The number of aromatic nitrogens is 3. The van der Waals surface area contributed by atoms with Gasteiger partial charge in [0.1, 0.15) is 5.69 Å². The summed E-state index contributed by atoms with van der Waals surface area (Å²) >= 11 is 6.14. The van der Waals surface area contributed by atoms with Crippen molar-refractivity contribution in [1.82, 2.24) is 18.9 Å². The van der Waals surface area contributed by atoms with Gasteiger partial charge in [0.05, 0.1) is 18.3 Å². The molecule has 156 valence electrons. The van der Waals surface area contributed by atoms with Crippen molar-refractivity contribution in [1.29, 1.82) is 0 Å². The Bertz CT molecular complexity index is 1170. The number of benzene rings is 1. The number of fused-ring (bicyclic) bond motifs is 1. The number of carbonyl (C=O) groups is 1. The summed E-state index contributed by atoms with van der Waals surface area (Å²) in [6, 6.07) is 7.03. The highest BCUT2D eigenvalue weighted by molar-refractivity contribution is 6.30. The first-order chi connectivity index (χ1) is 14.5. The third-order valence-electron chi connectivity index (χ3n) is 5.47. The van der Waals surface area contributed by atoms with E-state index in [-0.39, 0.29) is 35.5 Å². The number of rotatable bonds is 5. The molecule has 30 heavy (non-hydrogen) atoms. The van der Waals surface area contributed by atoms with Gasteiger partial charge in [-0.1, -0.05) is 29.8 Å². The molecule has 1 atom stereocenters. The predicted octanol–water partition coefficient (Wildman–Crippen LogP) is 2.99. The predicted molar refractivity (Wildman–Crippen MR) is 116 cm³/mol. The number of carbonyl (C=O) groups excluding carboxylic acids is 1. The van der Waals surface area contributed by atoms with Crippen LogP contribution in [-0.2, 0) is 6.54 Å². The van der Waals surface area contributed by atoms with Gasteiger partial charge in [-0.15, -0.1) is 6.58 Å². The van der Waals surface area contributed by atoms with Crippen molar-refractivity contribution in [2.24, 2.45) is 0 Å². The summed E-state index contributed by atoms with van der Waals surface area (Å²) in [6.45, 7) is 4.54. The lowest BCUT2D eigenvalue weighted by molar-refractivity contribution is 0.0498. The van der Waals surface area contributed by atoms with Crippen LogP contribution < -0.4 is 5.56 Å². The zero-order valence-corrected chi connectivity index (χ0v) is 17.3. The quantitative estimate of drug-likeness (QED) is 0.636. The van der Waals surface area contributed by atoms with Gasteiger partial charge in [-0.05, 0) is 31.4 Å². The molecule has 3 aromatic rings. The molecular weight excluding hydrogens is 404 g/mol. The largest absolute Gasteiger partial charge is 0.394 e. The highest BCUT2D eigenvalue weighted by Gasteiger charge is 2.29. The van der Waals surface area contributed by atoms with E-state index in [2.05, 4.69) is 11.6 Å². The van der Waals surface area contributed by atoms with E-state index in [4.69, 9.17) is 11.6 Å². The first-order valence-corrected chi connectivity index (χ1v) is 10.3. The number of nitrogens with zero attached hydrogens (tertiary/aromatic N) is 4. The number of halogens is 1. The van der Waals surface area contributed by atoms with Gasteiger partial charge in [0, 0.05) is 36.1 Å². The van der Waals surface area contributed by atoms with Gasteiger partial charge in [0.25, 0.3) is 11.5 Å². The Morgan fingerprint density at radius 1 is 1.33 bits per heavy atom. The van der Waals surface area contributed by atoms with Gasteiger partial charge < -0.3 is 10.0 Å². The monoisotopic (exact) mass is 426 g/mol. The molecule has 0 saturated carbocycles. The van der Waals surface area contributed by atoms with Crippen LogP contribution in [-0.4, -0.2) is 49.1 Å². The van der Waals surface area contributed by atoms with Crippen LogP contribution in [0.25, 0.3) is 16.9 Å². The highest BCUT2D eigenvalue weighted by Crippen LogP contribution is 2.23. The van der Waals surface area contributed by atoms with Crippen molar-refractivity contribution >= 4 is 23.2 Å². The van der Waals surface area contributed by atoms with E-state index < -0.39 is 0 Å². The van der Waals surface area contributed by atoms with Gasteiger partial charge in [0.2, 0.25) is 5.65 Å². The second-order valence-corrected chi connectivity index (χ2v) is 7.85. The second kappa shape index (κ2) is 8.45. The Morgan fingerprint density at radius 3 is 2.90 bits per heavy atom. The Balaban J connectivity index is 1.83. The molecule has 1 N–H and O–H groups in total. The maximum absolute atomic E-state index is 13.2. The van der Waals surface area contributed by atoms with Crippen LogP contribution in [0.3, 0.4) is 0 Å². The molecule has 0 radical (unpaired) electrons. The molecule has 4 rings (SSSR count). The van der Waals surface area contributed by atoms with Crippen LogP contribution >= 0.6 is 11.6 Å². The highest BCUT2D eigenvalue weighted by atomic mass is 35.5. The number of amides is 1. The number of hydrogen-bond donors (Lipinski definition) is 1. The van der Waals surface area contributed by atoms with E-state index in [1.807, 2.05) is 12.1 Å². The van der Waals surface area contributed by atoms with E-state index >= 15 is 0 Å². The summed E-state index contributed by atoms with van der Waals surface area (Å²) in [5.41, 5.74) is 1.48. The van der Waals surface area contributed by atoms with Gasteiger partial charge in [-0.2, -0.15) is 0 Å². The van der Waals surface area contributed by atoms with E-state index in [0.29, 0.717) is 23.8 Å². The number of aliphatic hydroxyl groups excluding tert-OH is 1. The molecule has 1 fully saturated rings. The second-order valence-electron chi connectivity index (χ2n) is 7.42. The molecule has 1 aromatic carbocycles. The Kier molecular flexibility index (Phi) is 5.74. The molecule has 8 heteroatoms. The van der Waals surface area contributed by atoms with Crippen LogP contribution in [0.15, 0.2) is 54.1 Å². The molecule has 1 saturated heterocycles. The maximum Gasteiger partial charge on any atom is 0.295 e. The Hall–Kier alpha value is -2.90. The molecule has 1 aliphatic heterocycles. The molecule has 0 aliphatic carbocycles. The summed E-state index contributed by atoms with van der Waals surface area (Å²) in [7, 11) is 0. The van der Waals surface area contributed by atoms with Crippen molar-refractivity contribution in [2.45, 2.75) is 31.8 Å². The smallest absolute Gasteiger partial charge is 0.295 e. The molecular formula is C22H23ClN4O3. The zero-order chi connectivity index (χ0) is 21.3. The van der Waals surface area contributed by atoms with Crippen molar-refractivity contribution < 1.29 is 9.90 Å². The Morgan fingerprint density at radius 2 is 2.17 bits per heavy atom. The van der Waals surface area contributed by atoms with Crippen LogP contribution in [0.1, 0.15) is 29.8 Å². The first-order valence-electron chi connectivity index (χ1n) is 9.94. The summed E-state index contributed by atoms with van der Waals surface area (Å²) in [6.07, 6.45) is 7.63. The van der Waals surface area contributed by atoms with Crippen LogP contribution in [0.5, 0.6) is 0 Å². The molecule has 3 heterocycles. The average Bonchev–Trinajstić information content (AvgIpc) is 3.19. The van der Waals surface area contributed by atoms with Crippen molar-refractivity contribution in [3.8, 4) is 11.3 Å². The molecule has 0 unspecified atom stereocenters. The summed E-state index contributed by atoms with van der Waals surface area (Å²) in [4.78, 5) is 32.2. The number of likely N-dealkylation sites (tertiary alicyclic amines) is 1. The van der Waals surface area contributed by atoms with Crippen molar-refractivity contribution in [3.63, 3.8) is 0 Å². The van der Waals surface area contributed by atoms with E-state index in [0.717, 1.165) is 24.8 Å². The average molecular weight is 427 g/mol. The number of hydrogen-bond acceptors (Lipinski definition) is 4. The zero-order valence-electron chi connectivity index (χ0n) is 16.5. The summed E-state index contributed by atoms with van der Waals surface area (Å²) < 4.78 is 3.15. The maximum atomic E-state index is 13.2. The van der Waals surface area contributed by atoms with Crippen LogP contribution in [0.4, 0.5) is 0 Å². The third kappa shape index (κ3) is 3.66. The summed E-state index contributed by atoms with van der Waals surface area (Å²) in [5.74, 6) is -0.267. The molecule has 7 nitrogen and oxygen atoms in total. The number of imidazole rings is 1. The summed E-state index contributed by atoms with van der Waals surface area (Å²) in [5, 5.41) is 10.2. The van der Waals surface area contributed by atoms with Crippen LogP contribution in [0, 0.1) is 0 Å². The normalized spacial score (nSPS) is 16.7. The molecule has 1 amide bonds. The molecule has 0 bridgehead atoms. The molecule has 1 aliphatic rings. The Labute approximate surface area is 178 Å². The molecule has 0 spiro atoms. The lowest BCUT2D eigenvalue weighted by atomic mass is 10.0. The lowest BCUT2D eigenvalue weighted by Gasteiger charge is -2.34. The lowest BCUT2D eigenvalue weighted by Crippen LogP contribution is -2.45. The number of aliphatic hydroxyl groups is 1. The van der Waals surface area contributed by atoms with Gasteiger partial charge in [0.15, 0.2) is 0 Å². The fourth-order valence-corrected chi connectivity index (χ4v) is 4.17. The van der Waals surface area contributed by atoms with Gasteiger partial charge >= 0.3 is 0 Å². The number of piperidine rings is 1. The van der Waals surface area contributed by atoms with Crippen LogP contribution in [0.2, 0.25) is 5.02 Å². The van der Waals surface area contributed by atoms with E-state index in [9.17, 15) is 14.7 Å². The fourth-order valence-electron chi connectivity index (χ4n) is 3.98. The molecule has 2 aromatic heterocycles. The minimum absolute atomic E-state index is 0.0792. The fraction of sp³-hybridized carbons (Fsp3) is 0.318. The van der Waals surface area contributed by atoms with E-state index in [1.54, 1.807) is 44.5 Å². The van der Waals surface area contributed by atoms with Crippen molar-refractivity contribution in [2.75, 3.05) is 13.2 Å². The minimum Gasteiger partial charge on any atom is -0.394 e. The topological polar surface area (TPSA) is 79.8 Å². The first kappa shape index (κ1) is 20.4.